The Kier molecular flexibility index (Phi) is 4.93. The molecule has 34 heavy (non-hydrogen) atoms. The van der Waals surface area contributed by atoms with Crippen LogP contribution in [0.5, 0.6) is 0 Å². The Hall–Kier alpha value is -4.47. The van der Waals surface area contributed by atoms with E-state index in [2.05, 4.69) is 20.6 Å². The van der Waals surface area contributed by atoms with Gasteiger partial charge in [0.2, 0.25) is 0 Å². The van der Waals surface area contributed by atoms with Crippen LogP contribution >= 0.6 is 0 Å². The lowest BCUT2D eigenvalue weighted by Crippen LogP contribution is -2.23. The molecule has 0 spiro atoms. The highest BCUT2D eigenvalue weighted by atomic mass is 16.5. The summed E-state index contributed by atoms with van der Waals surface area (Å²) < 4.78 is 10.3. The molecule has 0 fully saturated rings. The van der Waals surface area contributed by atoms with E-state index in [-0.39, 0.29) is 17.0 Å². The molecule has 1 amide bonds. The van der Waals surface area contributed by atoms with E-state index >= 15 is 0 Å². The molecule has 172 valence electrons. The van der Waals surface area contributed by atoms with E-state index in [1.54, 1.807) is 36.3 Å². The van der Waals surface area contributed by atoms with Crippen molar-refractivity contribution in [3.8, 4) is 16.9 Å². The van der Waals surface area contributed by atoms with Crippen LogP contribution in [0.4, 0.5) is 5.69 Å². The summed E-state index contributed by atoms with van der Waals surface area (Å²) in [5.74, 6) is -0.451. The monoisotopic (exact) mass is 457 g/mol. The van der Waals surface area contributed by atoms with Crippen LogP contribution in [-0.2, 0) is 14.1 Å². The summed E-state index contributed by atoms with van der Waals surface area (Å²) in [5, 5.41) is 11.7. The predicted octanol–water partition coefficient (Wildman–Crippen LogP) is 3.29. The van der Waals surface area contributed by atoms with E-state index in [0.717, 1.165) is 11.3 Å². The highest BCUT2D eigenvalue weighted by molar-refractivity contribution is 6.13. The summed E-state index contributed by atoms with van der Waals surface area (Å²) in [6, 6.07) is 10.9. The maximum Gasteiger partial charge on any atom is 0.295 e. The molecule has 4 heterocycles. The molecule has 0 aliphatic carbocycles. The number of rotatable bonds is 4. The predicted molar refractivity (Wildman–Crippen MR) is 127 cm³/mol. The third kappa shape index (κ3) is 3.31. The molecule has 10 nitrogen and oxygen atoms in total. The molecule has 0 unspecified atom stereocenters. The number of amides is 1. The molecule has 1 aromatic carbocycles. The molecule has 0 saturated heterocycles. The number of fused-ring (bicyclic) bond motifs is 1. The molecule has 0 aliphatic rings. The van der Waals surface area contributed by atoms with Gasteiger partial charge in [0.05, 0.1) is 39.4 Å². The van der Waals surface area contributed by atoms with Crippen LogP contribution in [0.1, 0.15) is 27.4 Å². The lowest BCUT2D eigenvalue weighted by molar-refractivity contribution is 0.102. The molecule has 0 atom stereocenters. The van der Waals surface area contributed by atoms with Gasteiger partial charge >= 0.3 is 0 Å². The van der Waals surface area contributed by atoms with Crippen molar-refractivity contribution >= 4 is 22.7 Å². The zero-order valence-electron chi connectivity index (χ0n) is 19.4. The quantitative estimate of drug-likeness (QED) is 0.443. The topological polar surface area (TPSA) is 113 Å². The Morgan fingerprint density at radius 1 is 1.06 bits per heavy atom. The van der Waals surface area contributed by atoms with Crippen LogP contribution in [0, 0.1) is 20.8 Å². The number of pyridine rings is 1. The minimum atomic E-state index is -0.451. The van der Waals surface area contributed by atoms with E-state index in [1.807, 2.05) is 50.5 Å². The van der Waals surface area contributed by atoms with Gasteiger partial charge in [-0.25, -0.2) is 9.67 Å². The van der Waals surface area contributed by atoms with Crippen molar-refractivity contribution in [1.29, 1.82) is 0 Å². The van der Waals surface area contributed by atoms with Crippen molar-refractivity contribution < 1.29 is 9.32 Å². The average molecular weight is 457 g/mol. The lowest BCUT2D eigenvalue weighted by Gasteiger charge is -2.08. The number of para-hydroxylation sites is 1. The lowest BCUT2D eigenvalue weighted by atomic mass is 10.1. The van der Waals surface area contributed by atoms with Gasteiger partial charge in [0.25, 0.3) is 17.2 Å². The van der Waals surface area contributed by atoms with Gasteiger partial charge in [-0.2, -0.15) is 5.10 Å². The summed E-state index contributed by atoms with van der Waals surface area (Å²) in [6.07, 6.45) is 1.83. The summed E-state index contributed by atoms with van der Waals surface area (Å²) in [7, 11) is 3.59. The molecule has 0 radical (unpaired) electrons. The van der Waals surface area contributed by atoms with Gasteiger partial charge < -0.3 is 9.84 Å². The summed E-state index contributed by atoms with van der Waals surface area (Å²) in [6.45, 7) is 5.40. The highest BCUT2D eigenvalue weighted by Gasteiger charge is 2.24. The van der Waals surface area contributed by atoms with Gasteiger partial charge in [0, 0.05) is 25.9 Å². The molecule has 0 aliphatic heterocycles. The van der Waals surface area contributed by atoms with Crippen LogP contribution in [0.15, 0.2) is 51.9 Å². The molecule has 0 saturated carbocycles. The maximum absolute atomic E-state index is 13.5. The van der Waals surface area contributed by atoms with E-state index < -0.39 is 5.91 Å². The molecule has 5 rings (SSSR count). The normalized spacial score (nSPS) is 11.3. The number of benzene rings is 1. The zero-order valence-corrected chi connectivity index (χ0v) is 19.4. The smallest absolute Gasteiger partial charge is 0.295 e. The number of anilines is 1. The number of aromatic nitrogens is 6. The Labute approximate surface area is 194 Å². The summed E-state index contributed by atoms with van der Waals surface area (Å²) >= 11 is 0. The first kappa shape index (κ1) is 21.4. The molecular formula is C24H23N7O3. The number of carbonyl (C=O) groups excluding carboxylic acids is 1. The number of hydrogen-bond donors (Lipinski definition) is 1. The molecule has 10 heteroatoms. The zero-order chi connectivity index (χ0) is 24.1. The SMILES string of the molecule is Cc1nn(C)cc1-c1cc(C(=O)Nc2c(C)n(C)n(-c3ccccc3)c2=O)c2c(C)noc2n1. The molecular weight excluding hydrogens is 434 g/mol. The number of nitrogens with zero attached hydrogens (tertiary/aromatic N) is 6. The molecule has 1 N–H and O–H groups in total. The first-order chi connectivity index (χ1) is 16.3. The van der Waals surface area contributed by atoms with Gasteiger partial charge in [-0.05, 0) is 39.0 Å². The third-order valence-electron chi connectivity index (χ3n) is 5.94. The van der Waals surface area contributed by atoms with Crippen LogP contribution in [0.3, 0.4) is 0 Å². The minimum Gasteiger partial charge on any atom is -0.335 e. The second-order valence-corrected chi connectivity index (χ2v) is 8.20. The van der Waals surface area contributed by atoms with E-state index in [4.69, 9.17) is 4.52 Å². The van der Waals surface area contributed by atoms with Gasteiger partial charge in [-0.1, -0.05) is 23.4 Å². The largest absolute Gasteiger partial charge is 0.335 e. The summed E-state index contributed by atoms with van der Waals surface area (Å²) in [4.78, 5) is 31.3. The number of hydrogen-bond acceptors (Lipinski definition) is 6. The first-order valence-electron chi connectivity index (χ1n) is 10.7. The standard InChI is InChI=1S/C24H23N7O3/c1-13-18(12-29(4)27-13)19-11-17(20-14(2)28-34-23(20)25-19)22(32)26-21-15(3)30(5)31(24(21)33)16-9-7-6-8-10-16/h6-12H,1-5H3,(H,26,32). The molecule has 0 bridgehead atoms. The van der Waals surface area contributed by atoms with E-state index in [1.165, 1.54) is 4.68 Å². The Morgan fingerprint density at radius 3 is 2.47 bits per heavy atom. The van der Waals surface area contributed by atoms with Gasteiger partial charge in [0.15, 0.2) is 0 Å². The van der Waals surface area contributed by atoms with Crippen LogP contribution in [0.25, 0.3) is 28.0 Å². The maximum atomic E-state index is 13.5. The van der Waals surface area contributed by atoms with Crippen molar-refractivity contribution in [2.24, 2.45) is 14.1 Å². The van der Waals surface area contributed by atoms with Crippen molar-refractivity contribution in [2.45, 2.75) is 20.8 Å². The minimum absolute atomic E-state index is 0.203. The fourth-order valence-electron chi connectivity index (χ4n) is 4.16. The molecule has 4 aromatic heterocycles. The average Bonchev–Trinajstić information content (AvgIpc) is 3.43. The van der Waals surface area contributed by atoms with Crippen molar-refractivity contribution in [3.63, 3.8) is 0 Å². The Balaban J connectivity index is 1.62. The fraction of sp³-hybridized carbons (Fsp3) is 0.208. The van der Waals surface area contributed by atoms with Crippen LogP contribution in [0.2, 0.25) is 0 Å². The van der Waals surface area contributed by atoms with Crippen LogP contribution < -0.4 is 10.9 Å². The highest BCUT2D eigenvalue weighted by Crippen LogP contribution is 2.29. The molecule has 5 aromatic rings. The Bertz CT molecular complexity index is 1620. The van der Waals surface area contributed by atoms with Crippen LogP contribution in [-0.4, -0.2) is 35.2 Å². The van der Waals surface area contributed by atoms with E-state index in [9.17, 15) is 9.59 Å². The van der Waals surface area contributed by atoms with Crippen molar-refractivity contribution in [3.05, 3.63) is 75.6 Å². The van der Waals surface area contributed by atoms with Crippen molar-refractivity contribution in [1.82, 2.24) is 29.3 Å². The third-order valence-corrected chi connectivity index (χ3v) is 5.94. The van der Waals surface area contributed by atoms with E-state index in [0.29, 0.717) is 33.7 Å². The number of nitrogens with one attached hydrogen (secondary N) is 1. The number of aryl methyl sites for hydroxylation is 3. The van der Waals surface area contributed by atoms with Gasteiger partial charge in [-0.3, -0.25) is 19.0 Å². The summed E-state index contributed by atoms with van der Waals surface area (Å²) in [5.41, 5.74) is 4.37. The Morgan fingerprint density at radius 2 is 1.79 bits per heavy atom. The number of carbonyl (C=O) groups is 1. The first-order valence-corrected chi connectivity index (χ1v) is 10.7. The van der Waals surface area contributed by atoms with Gasteiger partial charge in [0.1, 0.15) is 5.69 Å². The van der Waals surface area contributed by atoms with Gasteiger partial charge in [-0.15, -0.1) is 0 Å². The second-order valence-electron chi connectivity index (χ2n) is 8.20. The fourth-order valence-corrected chi connectivity index (χ4v) is 4.16. The van der Waals surface area contributed by atoms with Crippen molar-refractivity contribution in [2.75, 3.05) is 5.32 Å². The second kappa shape index (κ2) is 7.84.